The Balaban J connectivity index is 1.82. The third-order valence-corrected chi connectivity index (χ3v) is 11.2. The molecule has 2 fully saturated rings. The molecule has 0 aromatic heterocycles. The molecule has 2 aliphatic heterocycles. The van der Waals surface area contributed by atoms with Crippen molar-refractivity contribution in [3.05, 3.63) is 72.9 Å². The maximum atomic E-state index is 13.0. The molecule has 2 heterocycles. The van der Waals surface area contributed by atoms with Crippen LogP contribution in [-0.4, -0.2) is 142 Å². The molecule has 0 saturated carbocycles. The van der Waals surface area contributed by atoms with Gasteiger partial charge in [0.1, 0.15) is 54.9 Å². The smallest absolute Gasteiger partial charge is 0.306 e. The van der Waals surface area contributed by atoms with E-state index in [9.17, 15) is 40.5 Å². The Morgan fingerprint density at radius 2 is 1.00 bits per heavy atom. The molecular formula is C51H86O14. The van der Waals surface area contributed by atoms with Crippen LogP contribution in [-0.2, 0) is 33.2 Å². The monoisotopic (exact) mass is 923 g/mol. The number of aliphatic hydroxyl groups excluding tert-OH is 7. The topological polar surface area (TPSA) is 214 Å². The van der Waals surface area contributed by atoms with E-state index in [-0.39, 0.29) is 19.6 Å². The highest BCUT2D eigenvalue weighted by Gasteiger charge is 2.47. The van der Waals surface area contributed by atoms with Gasteiger partial charge in [-0.15, -0.1) is 0 Å². The van der Waals surface area contributed by atoms with E-state index in [4.69, 9.17) is 28.4 Å². The molecule has 0 aromatic rings. The molecular weight excluding hydrogens is 837 g/mol. The van der Waals surface area contributed by atoms with Crippen LogP contribution in [0.1, 0.15) is 142 Å². The average Bonchev–Trinajstić information content (AvgIpc) is 3.30. The average molecular weight is 923 g/mol. The molecule has 65 heavy (non-hydrogen) atoms. The van der Waals surface area contributed by atoms with Crippen LogP contribution in [0.15, 0.2) is 72.9 Å². The zero-order chi connectivity index (χ0) is 47.3. The number of carbonyl (C=O) groups excluding carboxylic acids is 1. The van der Waals surface area contributed by atoms with Crippen LogP contribution in [0, 0.1) is 0 Å². The molecule has 2 rings (SSSR count). The summed E-state index contributed by atoms with van der Waals surface area (Å²) < 4.78 is 34.1. The van der Waals surface area contributed by atoms with Gasteiger partial charge < -0.3 is 64.2 Å². The van der Waals surface area contributed by atoms with E-state index in [2.05, 4.69) is 86.8 Å². The van der Waals surface area contributed by atoms with Crippen LogP contribution >= 0.6 is 0 Å². The lowest BCUT2D eigenvalue weighted by Gasteiger charge is -2.42. The van der Waals surface area contributed by atoms with Gasteiger partial charge in [-0.25, -0.2) is 0 Å². The third kappa shape index (κ3) is 26.5. The Kier molecular flexibility index (Phi) is 34.6. The van der Waals surface area contributed by atoms with Crippen molar-refractivity contribution in [1.29, 1.82) is 0 Å². The summed E-state index contributed by atoms with van der Waals surface area (Å²) >= 11 is 0. The number of allylic oxidation sites excluding steroid dienone is 12. The second-order valence-corrected chi connectivity index (χ2v) is 16.9. The van der Waals surface area contributed by atoms with Crippen LogP contribution in [0.3, 0.4) is 0 Å². The van der Waals surface area contributed by atoms with Crippen LogP contribution in [0.5, 0.6) is 0 Å². The van der Waals surface area contributed by atoms with Crippen LogP contribution < -0.4 is 0 Å². The van der Waals surface area contributed by atoms with Gasteiger partial charge in [-0.05, 0) is 83.5 Å². The summed E-state index contributed by atoms with van der Waals surface area (Å²) in [5.41, 5.74) is 0. The number of hydrogen-bond donors (Lipinski definition) is 7. The minimum Gasteiger partial charge on any atom is -0.457 e. The molecule has 0 aromatic carbocycles. The molecule has 0 spiro atoms. The van der Waals surface area contributed by atoms with Crippen LogP contribution in [0.25, 0.3) is 0 Å². The molecule has 14 nitrogen and oxygen atoms in total. The number of carbonyl (C=O) groups is 1. The Morgan fingerprint density at radius 3 is 1.58 bits per heavy atom. The van der Waals surface area contributed by atoms with E-state index in [1.807, 2.05) is 0 Å². The first-order valence-electron chi connectivity index (χ1n) is 24.5. The van der Waals surface area contributed by atoms with Crippen molar-refractivity contribution in [2.45, 2.75) is 210 Å². The summed E-state index contributed by atoms with van der Waals surface area (Å²) in [6, 6.07) is 0. The summed E-state index contributed by atoms with van der Waals surface area (Å²) in [5, 5.41) is 72.0. The number of rotatable bonds is 37. The van der Waals surface area contributed by atoms with Crippen molar-refractivity contribution in [3.63, 3.8) is 0 Å². The Bertz CT molecular complexity index is 1350. The van der Waals surface area contributed by atoms with Crippen molar-refractivity contribution in [2.24, 2.45) is 0 Å². The first kappa shape index (κ1) is 58.6. The van der Waals surface area contributed by atoms with E-state index in [0.717, 1.165) is 89.9 Å². The summed E-state index contributed by atoms with van der Waals surface area (Å²) in [6.45, 7) is 3.40. The summed E-state index contributed by atoms with van der Waals surface area (Å²) in [6.07, 6.45) is 29.7. The highest BCUT2D eigenvalue weighted by atomic mass is 16.7. The van der Waals surface area contributed by atoms with Crippen molar-refractivity contribution >= 4 is 5.97 Å². The number of unbranched alkanes of at least 4 members (excludes halogenated alkanes) is 11. The Hall–Kier alpha value is -2.57. The summed E-state index contributed by atoms with van der Waals surface area (Å²) in [7, 11) is 0. The Morgan fingerprint density at radius 1 is 0.523 bits per heavy atom. The van der Waals surface area contributed by atoms with Gasteiger partial charge in [0, 0.05) is 13.0 Å². The Labute approximate surface area is 389 Å². The van der Waals surface area contributed by atoms with Gasteiger partial charge in [-0.2, -0.15) is 0 Å². The summed E-state index contributed by atoms with van der Waals surface area (Å²) in [5.74, 6) is -0.405. The number of aliphatic hydroxyl groups is 7. The molecule has 7 N–H and O–H groups in total. The maximum absolute atomic E-state index is 13.0. The molecule has 2 saturated heterocycles. The zero-order valence-corrected chi connectivity index (χ0v) is 39.4. The quantitative estimate of drug-likeness (QED) is 0.0196. The largest absolute Gasteiger partial charge is 0.457 e. The number of esters is 1. The lowest BCUT2D eigenvalue weighted by Crippen LogP contribution is -2.61. The lowest BCUT2D eigenvalue weighted by molar-refractivity contribution is -0.332. The first-order chi connectivity index (χ1) is 31.6. The first-order valence-corrected chi connectivity index (χ1v) is 24.5. The van der Waals surface area contributed by atoms with Crippen molar-refractivity contribution < 1.29 is 69.0 Å². The predicted octanol–water partition coefficient (Wildman–Crippen LogP) is 6.73. The highest BCUT2D eigenvalue weighted by Crippen LogP contribution is 2.26. The molecule has 0 bridgehead atoms. The fraction of sp³-hybridized carbons (Fsp3) is 0.745. The third-order valence-electron chi connectivity index (χ3n) is 11.2. The molecule has 14 heteroatoms. The predicted molar refractivity (Wildman–Crippen MR) is 252 cm³/mol. The van der Waals surface area contributed by atoms with Gasteiger partial charge in [0.25, 0.3) is 0 Å². The molecule has 374 valence electrons. The minimum absolute atomic E-state index is 0.0250. The van der Waals surface area contributed by atoms with Crippen molar-refractivity contribution in [3.8, 4) is 0 Å². The van der Waals surface area contributed by atoms with Crippen molar-refractivity contribution in [2.75, 3.05) is 33.0 Å². The van der Waals surface area contributed by atoms with Gasteiger partial charge in [0.2, 0.25) is 0 Å². The van der Waals surface area contributed by atoms with Gasteiger partial charge in [0.15, 0.2) is 12.6 Å². The molecule has 11 atom stereocenters. The highest BCUT2D eigenvalue weighted by molar-refractivity contribution is 5.69. The zero-order valence-electron chi connectivity index (χ0n) is 39.4. The van der Waals surface area contributed by atoms with E-state index < -0.39 is 86.7 Å². The standard InChI is InChI=1S/C51H86O14/c1-3-5-7-9-11-13-15-17-18-19-20-21-23-25-27-29-31-33-35-60-37-40(63-43(53)34-32-30-28-26-24-22-16-14-12-10-8-6-4-2)38-61-50-49(59)47(57)45(55)42(65-50)39-62-51-48(58)46(56)44(54)41(36-52)64-51/h5,7,11,13-14,16-18,20-21,25,27,40-42,44-52,54-59H,3-4,6,8-10,12,15,19,22-24,26,28-39H2,1-2H3/b7-5-,13-11-,16-14-,18-17-,21-20-,27-25-. The van der Waals surface area contributed by atoms with Crippen LogP contribution in [0.2, 0.25) is 0 Å². The van der Waals surface area contributed by atoms with E-state index in [1.54, 1.807) is 0 Å². The molecule has 2 aliphatic rings. The normalized spacial score (nSPS) is 27.2. The minimum atomic E-state index is -1.72. The van der Waals surface area contributed by atoms with Crippen LogP contribution in [0.4, 0.5) is 0 Å². The molecule has 11 unspecified atom stereocenters. The van der Waals surface area contributed by atoms with Gasteiger partial charge in [-0.3, -0.25) is 4.79 Å². The second-order valence-electron chi connectivity index (χ2n) is 16.9. The van der Waals surface area contributed by atoms with E-state index in [1.165, 1.54) is 25.7 Å². The lowest BCUT2D eigenvalue weighted by atomic mass is 9.98. The van der Waals surface area contributed by atoms with E-state index in [0.29, 0.717) is 13.0 Å². The van der Waals surface area contributed by atoms with Gasteiger partial charge >= 0.3 is 5.97 Å². The molecule has 0 aliphatic carbocycles. The van der Waals surface area contributed by atoms with Gasteiger partial charge in [-0.1, -0.05) is 125 Å². The fourth-order valence-corrected chi connectivity index (χ4v) is 7.19. The van der Waals surface area contributed by atoms with Crippen molar-refractivity contribution in [1.82, 2.24) is 0 Å². The second kappa shape index (κ2) is 38.4. The maximum Gasteiger partial charge on any atom is 0.306 e. The number of hydrogen-bond acceptors (Lipinski definition) is 14. The SMILES string of the molecule is CC/C=C\C/C=C\C/C=C\C/C=C\C/C=C\CCCCOCC(COC1OC(COC2OC(CO)C(O)C(O)C2O)C(O)C(O)C1O)OC(=O)CCCCCCC/C=C\CCCCCC. The fourth-order valence-electron chi connectivity index (χ4n) is 7.19. The summed E-state index contributed by atoms with van der Waals surface area (Å²) in [4.78, 5) is 13.0. The molecule has 0 radical (unpaired) electrons. The van der Waals surface area contributed by atoms with E-state index >= 15 is 0 Å². The molecule has 0 amide bonds. The number of ether oxygens (including phenoxy) is 6. The van der Waals surface area contributed by atoms with Gasteiger partial charge in [0.05, 0.1) is 26.4 Å².